The van der Waals surface area contributed by atoms with Crippen LogP contribution in [0.15, 0.2) is 24.3 Å². The van der Waals surface area contributed by atoms with Crippen LogP contribution >= 0.6 is 0 Å². The summed E-state index contributed by atoms with van der Waals surface area (Å²) in [7, 11) is 1.99. The van der Waals surface area contributed by atoms with Crippen LogP contribution in [0.4, 0.5) is 0 Å². The van der Waals surface area contributed by atoms with Crippen molar-refractivity contribution >= 4 is 0 Å². The number of benzene rings is 1. The molecule has 0 saturated carbocycles. The maximum atomic E-state index is 5.77. The molecule has 2 nitrogen and oxygen atoms in total. The second-order valence-electron chi connectivity index (χ2n) is 4.08. The molecule has 0 fully saturated rings. The van der Waals surface area contributed by atoms with Gasteiger partial charge in [0, 0.05) is 6.61 Å². The van der Waals surface area contributed by atoms with Gasteiger partial charge < -0.3 is 10.1 Å². The highest BCUT2D eigenvalue weighted by Gasteiger charge is 2.19. The second-order valence-corrected chi connectivity index (χ2v) is 4.08. The number of hydrogen-bond acceptors (Lipinski definition) is 2. The van der Waals surface area contributed by atoms with E-state index in [0.717, 1.165) is 13.0 Å². The molecule has 0 aliphatic heterocycles. The zero-order valence-corrected chi connectivity index (χ0v) is 10.8. The third-order valence-corrected chi connectivity index (χ3v) is 2.90. The fourth-order valence-corrected chi connectivity index (χ4v) is 2.00. The molecule has 0 aliphatic rings. The average molecular weight is 221 g/mol. The smallest absolute Gasteiger partial charge is 0.0766 e. The molecule has 2 heteroatoms. The molecule has 0 radical (unpaired) electrons. The van der Waals surface area contributed by atoms with Crippen molar-refractivity contribution in [2.75, 3.05) is 13.7 Å². The fourth-order valence-electron chi connectivity index (χ4n) is 2.00. The number of aryl methyl sites for hydroxylation is 1. The van der Waals surface area contributed by atoms with Crippen LogP contribution in [0.25, 0.3) is 0 Å². The summed E-state index contributed by atoms with van der Waals surface area (Å²) in [6.45, 7) is 7.09. The van der Waals surface area contributed by atoms with Gasteiger partial charge in [0.2, 0.25) is 0 Å². The van der Waals surface area contributed by atoms with Crippen LogP contribution < -0.4 is 5.32 Å². The molecule has 0 saturated heterocycles. The molecule has 2 unspecified atom stereocenters. The molecular formula is C14H23NO. The molecule has 0 spiro atoms. The highest BCUT2D eigenvalue weighted by atomic mass is 16.5. The number of hydrogen-bond donors (Lipinski definition) is 1. The summed E-state index contributed by atoms with van der Waals surface area (Å²) in [6, 6.07) is 8.94. The number of likely N-dealkylation sites (N-methyl/N-ethyl adjacent to an activating group) is 1. The minimum absolute atomic E-state index is 0.248. The number of ether oxygens (including phenoxy) is 1. The maximum Gasteiger partial charge on any atom is 0.0766 e. The standard InChI is InChI=1S/C14H23NO/c1-5-13(16-6-2)14(15-4)12-9-7-11(3)8-10-12/h7-10,13-15H,5-6H2,1-4H3. The molecule has 90 valence electrons. The molecule has 0 amide bonds. The van der Waals surface area contributed by atoms with Crippen molar-refractivity contribution in [2.24, 2.45) is 0 Å². The minimum atomic E-state index is 0.248. The van der Waals surface area contributed by atoms with Crippen molar-refractivity contribution in [1.82, 2.24) is 5.32 Å². The molecule has 0 aromatic heterocycles. The summed E-state index contributed by atoms with van der Waals surface area (Å²) in [4.78, 5) is 0. The summed E-state index contributed by atoms with van der Waals surface area (Å²) in [5, 5.41) is 3.35. The van der Waals surface area contributed by atoms with Crippen molar-refractivity contribution in [1.29, 1.82) is 0 Å². The fraction of sp³-hybridized carbons (Fsp3) is 0.571. The van der Waals surface area contributed by atoms with Gasteiger partial charge in [-0.1, -0.05) is 36.8 Å². The SMILES string of the molecule is CCOC(CC)C(NC)c1ccc(C)cc1. The van der Waals surface area contributed by atoms with E-state index in [4.69, 9.17) is 4.74 Å². The molecule has 16 heavy (non-hydrogen) atoms. The monoisotopic (exact) mass is 221 g/mol. The maximum absolute atomic E-state index is 5.77. The Balaban J connectivity index is 2.83. The van der Waals surface area contributed by atoms with E-state index in [9.17, 15) is 0 Å². The molecule has 1 N–H and O–H groups in total. The lowest BCUT2D eigenvalue weighted by molar-refractivity contribution is 0.0334. The highest BCUT2D eigenvalue weighted by Crippen LogP contribution is 2.21. The van der Waals surface area contributed by atoms with Gasteiger partial charge in [0.1, 0.15) is 0 Å². The van der Waals surface area contributed by atoms with Gasteiger partial charge in [-0.25, -0.2) is 0 Å². The van der Waals surface area contributed by atoms with Gasteiger partial charge in [-0.2, -0.15) is 0 Å². The Morgan fingerprint density at radius 2 is 1.81 bits per heavy atom. The third kappa shape index (κ3) is 3.32. The number of nitrogens with one attached hydrogen (secondary N) is 1. The van der Waals surface area contributed by atoms with Gasteiger partial charge in [-0.15, -0.1) is 0 Å². The Hall–Kier alpha value is -0.860. The van der Waals surface area contributed by atoms with Gasteiger partial charge in [0.15, 0.2) is 0 Å². The first kappa shape index (κ1) is 13.2. The first-order valence-electron chi connectivity index (χ1n) is 6.08. The van der Waals surface area contributed by atoms with E-state index in [0.29, 0.717) is 0 Å². The molecular weight excluding hydrogens is 198 g/mol. The Kier molecular flexibility index (Phi) is 5.50. The quantitative estimate of drug-likeness (QED) is 0.797. The first-order valence-corrected chi connectivity index (χ1v) is 6.08. The predicted octanol–water partition coefficient (Wildman–Crippen LogP) is 3.07. The molecule has 2 atom stereocenters. The first-order chi connectivity index (χ1) is 7.72. The van der Waals surface area contributed by atoms with Crippen LogP contribution in [0.2, 0.25) is 0 Å². The molecule has 0 aliphatic carbocycles. The third-order valence-electron chi connectivity index (χ3n) is 2.90. The van der Waals surface area contributed by atoms with Crippen LogP contribution in [-0.4, -0.2) is 19.8 Å². The van der Waals surface area contributed by atoms with Crippen molar-refractivity contribution in [3.63, 3.8) is 0 Å². The van der Waals surface area contributed by atoms with E-state index < -0.39 is 0 Å². The summed E-state index contributed by atoms with van der Waals surface area (Å²) < 4.78 is 5.77. The van der Waals surface area contributed by atoms with E-state index >= 15 is 0 Å². The van der Waals surface area contributed by atoms with Crippen molar-refractivity contribution < 1.29 is 4.74 Å². The normalized spacial score (nSPS) is 14.8. The van der Waals surface area contributed by atoms with Crippen molar-refractivity contribution in [3.8, 4) is 0 Å². The lowest BCUT2D eigenvalue weighted by Crippen LogP contribution is -2.31. The van der Waals surface area contributed by atoms with Gasteiger partial charge >= 0.3 is 0 Å². The Morgan fingerprint density at radius 3 is 2.25 bits per heavy atom. The van der Waals surface area contributed by atoms with Crippen LogP contribution in [0.1, 0.15) is 37.4 Å². The number of rotatable bonds is 6. The summed E-state index contributed by atoms with van der Waals surface area (Å²) >= 11 is 0. The van der Waals surface area contributed by atoms with Gasteiger partial charge in [-0.05, 0) is 32.9 Å². The molecule has 1 aromatic rings. The van der Waals surface area contributed by atoms with Crippen LogP contribution in [0.3, 0.4) is 0 Å². The second kappa shape index (κ2) is 6.66. The molecule has 1 rings (SSSR count). The predicted molar refractivity (Wildman–Crippen MR) is 68.7 cm³/mol. The van der Waals surface area contributed by atoms with E-state index in [1.807, 2.05) is 14.0 Å². The summed E-state index contributed by atoms with van der Waals surface area (Å²) in [5.41, 5.74) is 2.59. The summed E-state index contributed by atoms with van der Waals surface area (Å²) in [5.74, 6) is 0. The van der Waals surface area contributed by atoms with Crippen molar-refractivity contribution in [3.05, 3.63) is 35.4 Å². The summed E-state index contributed by atoms with van der Waals surface area (Å²) in [6.07, 6.45) is 1.27. The lowest BCUT2D eigenvalue weighted by atomic mass is 9.99. The van der Waals surface area contributed by atoms with E-state index in [-0.39, 0.29) is 12.1 Å². The highest BCUT2D eigenvalue weighted by molar-refractivity contribution is 5.24. The Bertz CT molecular complexity index is 294. The zero-order valence-electron chi connectivity index (χ0n) is 10.8. The average Bonchev–Trinajstić information content (AvgIpc) is 2.31. The van der Waals surface area contributed by atoms with Crippen LogP contribution in [-0.2, 0) is 4.74 Å². The van der Waals surface area contributed by atoms with Crippen molar-refractivity contribution in [2.45, 2.75) is 39.3 Å². The molecule has 1 aromatic carbocycles. The molecule has 0 heterocycles. The van der Waals surface area contributed by atoms with Gasteiger partial charge in [-0.3, -0.25) is 0 Å². The Morgan fingerprint density at radius 1 is 1.19 bits per heavy atom. The largest absolute Gasteiger partial charge is 0.377 e. The van der Waals surface area contributed by atoms with E-state index in [2.05, 4.69) is 43.4 Å². The van der Waals surface area contributed by atoms with Gasteiger partial charge in [0.25, 0.3) is 0 Å². The molecule has 0 bridgehead atoms. The topological polar surface area (TPSA) is 21.3 Å². The van der Waals surface area contributed by atoms with Crippen LogP contribution in [0, 0.1) is 6.92 Å². The lowest BCUT2D eigenvalue weighted by Gasteiger charge is -2.26. The van der Waals surface area contributed by atoms with Gasteiger partial charge in [0.05, 0.1) is 12.1 Å². The van der Waals surface area contributed by atoms with Crippen LogP contribution in [0.5, 0.6) is 0 Å². The Labute approximate surface area is 99.0 Å². The van der Waals surface area contributed by atoms with E-state index in [1.165, 1.54) is 11.1 Å². The minimum Gasteiger partial charge on any atom is -0.377 e. The zero-order chi connectivity index (χ0) is 12.0. The van der Waals surface area contributed by atoms with E-state index in [1.54, 1.807) is 0 Å².